The number of aryl methyl sites for hydroxylation is 1. The van der Waals surface area contributed by atoms with E-state index in [4.69, 9.17) is 4.74 Å². The minimum absolute atomic E-state index is 0.603. The molecule has 0 atom stereocenters. The zero-order valence-corrected chi connectivity index (χ0v) is 11.0. The second-order valence-electron chi connectivity index (χ2n) is 4.79. The summed E-state index contributed by atoms with van der Waals surface area (Å²) in [7, 11) is 0. The smallest absolute Gasteiger partial charge is 0.219 e. The Bertz CT molecular complexity index is 531. The molecule has 0 saturated heterocycles. The van der Waals surface area contributed by atoms with Crippen LogP contribution in [0.15, 0.2) is 30.7 Å². The molecule has 5 heteroatoms. The van der Waals surface area contributed by atoms with Crippen LogP contribution in [0.3, 0.4) is 0 Å². The molecule has 0 aromatic carbocycles. The van der Waals surface area contributed by atoms with Crippen LogP contribution in [0.25, 0.3) is 0 Å². The number of hydrogen-bond acceptors (Lipinski definition) is 4. The number of nitrogens with zero attached hydrogens (tertiary/aromatic N) is 3. The summed E-state index contributed by atoms with van der Waals surface area (Å²) in [5, 5.41) is 7.62. The molecule has 100 valence electrons. The number of ether oxygens (including phenoxy) is 1. The van der Waals surface area contributed by atoms with E-state index in [9.17, 15) is 0 Å². The standard InChI is InChI=1S/C14H18N4O/c1-2-18-10-13(9-17-18)19-14-6-3-11(8-16-14)7-15-12-4-5-12/h3,6,8-10,12,15H,2,4-5,7H2,1H3. The Labute approximate surface area is 112 Å². The van der Waals surface area contributed by atoms with E-state index >= 15 is 0 Å². The molecule has 1 fully saturated rings. The Kier molecular flexibility index (Phi) is 3.46. The molecule has 0 amide bonds. The van der Waals surface area contributed by atoms with Gasteiger partial charge in [0.25, 0.3) is 0 Å². The van der Waals surface area contributed by atoms with Gasteiger partial charge in [-0.05, 0) is 25.3 Å². The van der Waals surface area contributed by atoms with Crippen molar-refractivity contribution in [3.63, 3.8) is 0 Å². The van der Waals surface area contributed by atoms with Gasteiger partial charge in [0.2, 0.25) is 5.88 Å². The molecule has 2 aromatic heterocycles. The molecule has 0 unspecified atom stereocenters. The first-order valence-corrected chi connectivity index (χ1v) is 6.72. The van der Waals surface area contributed by atoms with E-state index in [2.05, 4.69) is 15.4 Å². The molecule has 1 saturated carbocycles. The molecule has 1 N–H and O–H groups in total. The molecule has 1 aliphatic carbocycles. The van der Waals surface area contributed by atoms with Gasteiger partial charge in [0.05, 0.1) is 12.4 Å². The van der Waals surface area contributed by atoms with Gasteiger partial charge in [0.1, 0.15) is 0 Å². The minimum Gasteiger partial charge on any atom is -0.436 e. The number of nitrogens with one attached hydrogen (secondary N) is 1. The van der Waals surface area contributed by atoms with Crippen LogP contribution in [0.1, 0.15) is 25.3 Å². The fourth-order valence-electron chi connectivity index (χ4n) is 1.82. The third-order valence-electron chi connectivity index (χ3n) is 3.13. The number of hydrogen-bond donors (Lipinski definition) is 1. The highest BCUT2D eigenvalue weighted by atomic mass is 16.5. The molecule has 19 heavy (non-hydrogen) atoms. The summed E-state index contributed by atoms with van der Waals surface area (Å²) in [4.78, 5) is 4.31. The zero-order valence-electron chi connectivity index (χ0n) is 11.0. The van der Waals surface area contributed by atoms with Crippen molar-refractivity contribution in [2.45, 2.75) is 38.9 Å². The second-order valence-corrected chi connectivity index (χ2v) is 4.79. The lowest BCUT2D eigenvalue weighted by atomic mass is 10.3. The van der Waals surface area contributed by atoms with Gasteiger partial charge in [-0.25, -0.2) is 4.98 Å². The van der Waals surface area contributed by atoms with Gasteiger partial charge >= 0.3 is 0 Å². The van der Waals surface area contributed by atoms with Gasteiger partial charge in [-0.3, -0.25) is 4.68 Å². The first-order chi connectivity index (χ1) is 9.33. The Morgan fingerprint density at radius 1 is 1.37 bits per heavy atom. The molecule has 0 aliphatic heterocycles. The molecule has 3 rings (SSSR count). The highest BCUT2D eigenvalue weighted by Crippen LogP contribution is 2.20. The highest BCUT2D eigenvalue weighted by Gasteiger charge is 2.19. The van der Waals surface area contributed by atoms with E-state index in [1.165, 1.54) is 18.4 Å². The quantitative estimate of drug-likeness (QED) is 0.864. The molecule has 0 bridgehead atoms. The van der Waals surface area contributed by atoms with Crippen LogP contribution in [-0.2, 0) is 13.1 Å². The number of aromatic nitrogens is 3. The predicted octanol–water partition coefficient (Wildman–Crippen LogP) is 2.34. The average Bonchev–Trinajstić information content (AvgIpc) is 3.17. The maximum absolute atomic E-state index is 5.64. The average molecular weight is 258 g/mol. The summed E-state index contributed by atoms with van der Waals surface area (Å²) in [6.45, 7) is 3.75. The van der Waals surface area contributed by atoms with E-state index in [1.54, 1.807) is 6.20 Å². The fraction of sp³-hybridized carbons (Fsp3) is 0.429. The van der Waals surface area contributed by atoms with Crippen LogP contribution < -0.4 is 10.1 Å². The van der Waals surface area contributed by atoms with Crippen molar-refractivity contribution in [2.75, 3.05) is 0 Å². The van der Waals surface area contributed by atoms with Crippen molar-refractivity contribution in [3.8, 4) is 11.6 Å². The summed E-state index contributed by atoms with van der Waals surface area (Å²) in [6, 6.07) is 4.66. The summed E-state index contributed by atoms with van der Waals surface area (Å²) >= 11 is 0. The molecular formula is C14H18N4O. The fourth-order valence-corrected chi connectivity index (χ4v) is 1.82. The number of rotatable bonds is 6. The zero-order chi connectivity index (χ0) is 13.1. The second kappa shape index (κ2) is 5.40. The van der Waals surface area contributed by atoms with Crippen LogP contribution in [0.4, 0.5) is 0 Å². The lowest BCUT2D eigenvalue weighted by molar-refractivity contribution is 0.461. The molecule has 2 aromatic rings. The maximum Gasteiger partial charge on any atom is 0.219 e. The van der Waals surface area contributed by atoms with Crippen LogP contribution in [0, 0.1) is 0 Å². The number of pyridine rings is 1. The van der Waals surface area contributed by atoms with Crippen LogP contribution in [0.5, 0.6) is 11.6 Å². The predicted molar refractivity (Wildman–Crippen MR) is 72.1 cm³/mol. The summed E-state index contributed by atoms with van der Waals surface area (Å²) < 4.78 is 7.46. The molecule has 5 nitrogen and oxygen atoms in total. The topological polar surface area (TPSA) is 52.0 Å². The van der Waals surface area contributed by atoms with E-state index in [1.807, 2.05) is 36.1 Å². The molecule has 0 radical (unpaired) electrons. The lowest BCUT2D eigenvalue weighted by Gasteiger charge is -2.04. The molecule has 0 spiro atoms. The summed E-state index contributed by atoms with van der Waals surface area (Å²) in [5.41, 5.74) is 1.18. The van der Waals surface area contributed by atoms with Crippen LogP contribution in [-0.4, -0.2) is 20.8 Å². The van der Waals surface area contributed by atoms with Crippen LogP contribution in [0.2, 0.25) is 0 Å². The largest absolute Gasteiger partial charge is 0.436 e. The molecule has 1 aliphatic rings. The van der Waals surface area contributed by atoms with Crippen molar-refractivity contribution in [3.05, 3.63) is 36.3 Å². The minimum atomic E-state index is 0.603. The summed E-state index contributed by atoms with van der Waals surface area (Å²) in [6.07, 6.45) is 8.03. The molecular weight excluding hydrogens is 240 g/mol. The third kappa shape index (κ3) is 3.32. The Morgan fingerprint density at radius 2 is 2.26 bits per heavy atom. The van der Waals surface area contributed by atoms with Gasteiger partial charge < -0.3 is 10.1 Å². The molecule has 2 heterocycles. The first-order valence-electron chi connectivity index (χ1n) is 6.72. The normalized spacial score (nSPS) is 14.6. The highest BCUT2D eigenvalue weighted by molar-refractivity contribution is 5.24. The van der Waals surface area contributed by atoms with Crippen molar-refractivity contribution in [1.82, 2.24) is 20.1 Å². The third-order valence-corrected chi connectivity index (χ3v) is 3.13. The van der Waals surface area contributed by atoms with E-state index < -0.39 is 0 Å². The lowest BCUT2D eigenvalue weighted by Crippen LogP contribution is -2.15. The SMILES string of the molecule is CCn1cc(Oc2ccc(CNC3CC3)cn2)cn1. The van der Waals surface area contributed by atoms with Crippen LogP contribution >= 0.6 is 0 Å². The maximum atomic E-state index is 5.64. The van der Waals surface area contributed by atoms with E-state index in [0.717, 1.165) is 24.9 Å². The van der Waals surface area contributed by atoms with Crippen molar-refractivity contribution < 1.29 is 4.74 Å². The van der Waals surface area contributed by atoms with Gasteiger partial charge in [0, 0.05) is 31.4 Å². The van der Waals surface area contributed by atoms with Gasteiger partial charge in [-0.2, -0.15) is 5.10 Å². The van der Waals surface area contributed by atoms with Gasteiger partial charge in [-0.1, -0.05) is 6.07 Å². The first kappa shape index (κ1) is 12.2. The Morgan fingerprint density at radius 3 is 2.89 bits per heavy atom. The van der Waals surface area contributed by atoms with Crippen molar-refractivity contribution in [1.29, 1.82) is 0 Å². The Balaban J connectivity index is 1.58. The van der Waals surface area contributed by atoms with Crippen molar-refractivity contribution >= 4 is 0 Å². The van der Waals surface area contributed by atoms with E-state index in [0.29, 0.717) is 5.88 Å². The van der Waals surface area contributed by atoms with E-state index in [-0.39, 0.29) is 0 Å². The van der Waals surface area contributed by atoms with Crippen molar-refractivity contribution in [2.24, 2.45) is 0 Å². The monoisotopic (exact) mass is 258 g/mol. The summed E-state index contributed by atoms with van der Waals surface area (Å²) in [5.74, 6) is 1.32. The van der Waals surface area contributed by atoms with Gasteiger partial charge in [-0.15, -0.1) is 0 Å². The Hall–Kier alpha value is -1.88. The van der Waals surface area contributed by atoms with Gasteiger partial charge in [0.15, 0.2) is 5.75 Å².